The lowest BCUT2D eigenvalue weighted by Gasteiger charge is -2.02. The molecule has 0 unspecified atom stereocenters. The van der Waals surface area contributed by atoms with Crippen LogP contribution in [0.2, 0.25) is 5.15 Å². The second kappa shape index (κ2) is 9.28. The van der Waals surface area contributed by atoms with Gasteiger partial charge in [0.05, 0.1) is 5.69 Å². The van der Waals surface area contributed by atoms with Crippen LogP contribution < -0.4 is 5.32 Å². The average Bonchev–Trinajstić information content (AvgIpc) is 2.85. The molecule has 0 saturated carbocycles. The van der Waals surface area contributed by atoms with Crippen molar-refractivity contribution in [3.05, 3.63) is 58.4 Å². The number of halogens is 1. The lowest BCUT2D eigenvalue weighted by atomic mass is 10.1. The van der Waals surface area contributed by atoms with Crippen LogP contribution in [0.25, 0.3) is 6.08 Å². The van der Waals surface area contributed by atoms with E-state index in [1.54, 1.807) is 10.8 Å². The van der Waals surface area contributed by atoms with Gasteiger partial charge in [0.25, 0.3) is 0 Å². The van der Waals surface area contributed by atoms with Gasteiger partial charge in [-0.2, -0.15) is 5.10 Å². The largest absolute Gasteiger partial charge is 0.352 e. The van der Waals surface area contributed by atoms with E-state index in [9.17, 15) is 4.79 Å². The van der Waals surface area contributed by atoms with Gasteiger partial charge in [-0.15, -0.1) is 0 Å². The molecule has 2 aromatic rings. The molecular weight excluding hydrogens is 322 g/mol. The molecule has 24 heavy (non-hydrogen) atoms. The van der Waals surface area contributed by atoms with Crippen LogP contribution in [-0.2, 0) is 17.8 Å². The van der Waals surface area contributed by atoms with E-state index in [1.807, 2.05) is 25.1 Å². The smallest absolute Gasteiger partial charge is 0.244 e. The third-order valence-electron chi connectivity index (χ3n) is 3.79. The Morgan fingerprint density at radius 1 is 1.33 bits per heavy atom. The maximum Gasteiger partial charge on any atom is 0.244 e. The molecule has 0 spiro atoms. The summed E-state index contributed by atoms with van der Waals surface area (Å²) in [4.78, 5) is 11.9. The third kappa shape index (κ3) is 5.24. The van der Waals surface area contributed by atoms with Gasteiger partial charge >= 0.3 is 0 Å². The van der Waals surface area contributed by atoms with Gasteiger partial charge in [-0.3, -0.25) is 9.48 Å². The van der Waals surface area contributed by atoms with Crippen molar-refractivity contribution >= 4 is 23.6 Å². The van der Waals surface area contributed by atoms with Crippen LogP contribution in [0.4, 0.5) is 0 Å². The molecule has 0 saturated heterocycles. The van der Waals surface area contributed by atoms with E-state index in [2.05, 4.69) is 29.5 Å². The minimum Gasteiger partial charge on any atom is -0.352 e. The Labute approximate surface area is 148 Å². The number of carbonyl (C=O) groups excluding carboxylic acids is 1. The zero-order valence-electron chi connectivity index (χ0n) is 14.3. The molecule has 1 heterocycles. The fraction of sp³-hybridized carbons (Fsp3) is 0.368. The van der Waals surface area contributed by atoms with Crippen molar-refractivity contribution in [1.82, 2.24) is 15.1 Å². The molecule has 2 rings (SSSR count). The first kappa shape index (κ1) is 18.3. The lowest BCUT2D eigenvalue weighted by molar-refractivity contribution is -0.116. The fourth-order valence-corrected chi connectivity index (χ4v) is 2.73. The summed E-state index contributed by atoms with van der Waals surface area (Å²) in [7, 11) is 0. The van der Waals surface area contributed by atoms with Crippen LogP contribution in [0.15, 0.2) is 36.4 Å². The molecule has 0 aliphatic carbocycles. The predicted molar refractivity (Wildman–Crippen MR) is 99.1 cm³/mol. The molecule has 1 aromatic carbocycles. The van der Waals surface area contributed by atoms with Crippen molar-refractivity contribution in [2.45, 2.75) is 39.7 Å². The van der Waals surface area contributed by atoms with Crippen LogP contribution in [0.1, 0.15) is 36.6 Å². The number of amides is 1. The van der Waals surface area contributed by atoms with Crippen LogP contribution in [-0.4, -0.2) is 22.2 Å². The van der Waals surface area contributed by atoms with E-state index in [4.69, 9.17) is 11.6 Å². The minimum absolute atomic E-state index is 0.122. The van der Waals surface area contributed by atoms with Gasteiger partial charge in [-0.1, -0.05) is 55.3 Å². The maximum atomic E-state index is 11.9. The SMILES string of the molecule is CCCCn1nc(C)c(/C=C/C(=O)NCCc2ccccc2)c1Cl. The first-order valence-corrected chi connectivity index (χ1v) is 8.72. The van der Waals surface area contributed by atoms with Gasteiger partial charge in [0, 0.05) is 24.7 Å². The number of unbranched alkanes of at least 4 members (excludes halogenated alkanes) is 1. The fourth-order valence-electron chi connectivity index (χ4n) is 2.41. The van der Waals surface area contributed by atoms with Crippen LogP contribution in [0, 0.1) is 6.92 Å². The second-order valence-electron chi connectivity index (χ2n) is 5.73. The maximum absolute atomic E-state index is 11.9. The van der Waals surface area contributed by atoms with Crippen LogP contribution in [0.5, 0.6) is 0 Å². The number of benzene rings is 1. The predicted octanol–water partition coefficient (Wildman–Crippen LogP) is 4.02. The highest BCUT2D eigenvalue weighted by Gasteiger charge is 2.10. The molecule has 0 aliphatic heterocycles. The van der Waals surface area contributed by atoms with E-state index < -0.39 is 0 Å². The summed E-state index contributed by atoms with van der Waals surface area (Å²) in [6, 6.07) is 10.1. The molecule has 1 amide bonds. The Morgan fingerprint density at radius 2 is 2.08 bits per heavy atom. The molecule has 0 aliphatic rings. The summed E-state index contributed by atoms with van der Waals surface area (Å²) >= 11 is 6.35. The molecule has 4 nitrogen and oxygen atoms in total. The standard InChI is InChI=1S/C19H24ClN3O/c1-3-4-14-23-19(20)17(15(2)22-23)10-11-18(24)21-13-12-16-8-6-5-7-9-16/h5-11H,3-4,12-14H2,1-2H3,(H,21,24)/b11-10+. The molecular formula is C19H24ClN3O. The van der Waals surface area contributed by atoms with Gasteiger partial charge in [-0.05, 0) is 31.4 Å². The Kier molecular flexibility index (Phi) is 7.07. The summed E-state index contributed by atoms with van der Waals surface area (Å²) in [6.07, 6.45) is 6.19. The van der Waals surface area contributed by atoms with E-state index in [-0.39, 0.29) is 5.91 Å². The summed E-state index contributed by atoms with van der Waals surface area (Å²) < 4.78 is 1.80. The Bertz CT molecular complexity index is 692. The molecule has 1 aromatic heterocycles. The van der Waals surface area contributed by atoms with Gasteiger partial charge in [-0.25, -0.2) is 0 Å². The summed E-state index contributed by atoms with van der Waals surface area (Å²) in [5.41, 5.74) is 2.85. The Morgan fingerprint density at radius 3 is 2.79 bits per heavy atom. The van der Waals surface area contributed by atoms with E-state index in [0.717, 1.165) is 37.1 Å². The Hall–Kier alpha value is -2.07. The monoisotopic (exact) mass is 345 g/mol. The highest BCUT2D eigenvalue weighted by Crippen LogP contribution is 2.21. The molecule has 128 valence electrons. The molecule has 1 N–H and O–H groups in total. The normalized spacial score (nSPS) is 11.1. The molecule has 0 bridgehead atoms. The van der Waals surface area contributed by atoms with Gasteiger partial charge in [0.1, 0.15) is 5.15 Å². The zero-order chi connectivity index (χ0) is 17.4. The second-order valence-corrected chi connectivity index (χ2v) is 6.08. The summed E-state index contributed by atoms with van der Waals surface area (Å²) in [5, 5.41) is 7.91. The first-order valence-electron chi connectivity index (χ1n) is 8.34. The van der Waals surface area contributed by atoms with Crippen LogP contribution >= 0.6 is 11.6 Å². The highest BCUT2D eigenvalue weighted by atomic mass is 35.5. The number of aryl methyl sites for hydroxylation is 2. The molecule has 5 heteroatoms. The van der Waals surface area contributed by atoms with Crippen molar-refractivity contribution in [3.63, 3.8) is 0 Å². The quantitative estimate of drug-likeness (QED) is 0.734. The molecule has 0 atom stereocenters. The number of aromatic nitrogens is 2. The number of carbonyl (C=O) groups is 1. The van der Waals surface area contributed by atoms with Gasteiger partial charge < -0.3 is 5.32 Å². The Balaban J connectivity index is 1.88. The van der Waals surface area contributed by atoms with Gasteiger partial charge in [0.2, 0.25) is 5.91 Å². The van der Waals surface area contributed by atoms with Crippen molar-refractivity contribution in [3.8, 4) is 0 Å². The van der Waals surface area contributed by atoms with Gasteiger partial charge in [0.15, 0.2) is 0 Å². The van der Waals surface area contributed by atoms with Crippen molar-refractivity contribution < 1.29 is 4.79 Å². The van der Waals surface area contributed by atoms with E-state index >= 15 is 0 Å². The van der Waals surface area contributed by atoms with Crippen molar-refractivity contribution in [2.24, 2.45) is 0 Å². The molecule has 0 fully saturated rings. The lowest BCUT2D eigenvalue weighted by Crippen LogP contribution is -2.23. The summed E-state index contributed by atoms with van der Waals surface area (Å²) in [6.45, 7) is 5.44. The van der Waals surface area contributed by atoms with E-state index in [1.165, 1.54) is 11.6 Å². The van der Waals surface area contributed by atoms with Crippen molar-refractivity contribution in [2.75, 3.05) is 6.54 Å². The first-order chi connectivity index (χ1) is 11.6. The zero-order valence-corrected chi connectivity index (χ0v) is 15.0. The third-order valence-corrected chi connectivity index (χ3v) is 4.19. The molecule has 0 radical (unpaired) electrons. The topological polar surface area (TPSA) is 46.9 Å². The van der Waals surface area contributed by atoms with Crippen molar-refractivity contribution in [1.29, 1.82) is 0 Å². The number of rotatable bonds is 8. The number of nitrogens with one attached hydrogen (secondary N) is 1. The number of hydrogen-bond donors (Lipinski definition) is 1. The number of nitrogens with zero attached hydrogens (tertiary/aromatic N) is 2. The highest BCUT2D eigenvalue weighted by molar-refractivity contribution is 6.31. The minimum atomic E-state index is -0.122. The number of hydrogen-bond acceptors (Lipinski definition) is 2. The van der Waals surface area contributed by atoms with Crippen LogP contribution in [0.3, 0.4) is 0 Å². The summed E-state index contributed by atoms with van der Waals surface area (Å²) in [5.74, 6) is -0.122. The average molecular weight is 346 g/mol. The van der Waals surface area contributed by atoms with E-state index in [0.29, 0.717) is 11.7 Å².